The van der Waals surface area contributed by atoms with Gasteiger partial charge in [0.2, 0.25) is 0 Å². The molecule has 2 aromatic heterocycles. The number of aryl methyl sites for hydroxylation is 3. The van der Waals surface area contributed by atoms with Crippen LogP contribution in [-0.4, -0.2) is 31.1 Å². The zero-order valence-electron chi connectivity index (χ0n) is 18.5. The van der Waals surface area contributed by atoms with E-state index in [1.165, 1.54) is 16.2 Å². The van der Waals surface area contributed by atoms with Crippen LogP contribution in [0.15, 0.2) is 22.6 Å². The maximum atomic E-state index is 13.2. The van der Waals surface area contributed by atoms with E-state index >= 15 is 0 Å². The minimum atomic E-state index is -0.317. The monoisotopic (exact) mass is 452 g/mol. The number of benzene rings is 1. The van der Waals surface area contributed by atoms with Gasteiger partial charge in [0.05, 0.1) is 11.7 Å². The summed E-state index contributed by atoms with van der Waals surface area (Å²) in [5.41, 5.74) is 4.31. The molecule has 0 bridgehead atoms. The number of ether oxygens (including phenoxy) is 1. The standard InChI is InChI=1S/C25H28N2O4S/c1-14-9-10-19-18(12-14)15(2)22(31-19)24(29)27-25-21(17-7-3-4-8-20(17)32-25)23(28)26-13-16-6-5-11-30-16/h9-10,12,16H,3-8,11,13H2,1-2H3,(H,26,28)(H,27,29). The molecule has 7 heteroatoms. The van der Waals surface area contributed by atoms with Gasteiger partial charge in [-0.2, -0.15) is 0 Å². The molecule has 6 nitrogen and oxygen atoms in total. The summed E-state index contributed by atoms with van der Waals surface area (Å²) in [6.07, 6.45) is 6.07. The molecule has 3 aromatic rings. The van der Waals surface area contributed by atoms with Gasteiger partial charge in [-0.25, -0.2) is 0 Å². The van der Waals surface area contributed by atoms with Gasteiger partial charge in [-0.15, -0.1) is 11.3 Å². The number of thiophene rings is 1. The maximum Gasteiger partial charge on any atom is 0.292 e. The number of hydrogen-bond acceptors (Lipinski definition) is 5. The molecular weight excluding hydrogens is 424 g/mol. The Balaban J connectivity index is 1.43. The molecule has 2 N–H and O–H groups in total. The molecule has 3 heterocycles. The Morgan fingerprint density at radius 3 is 2.78 bits per heavy atom. The Morgan fingerprint density at radius 2 is 1.97 bits per heavy atom. The number of fused-ring (bicyclic) bond motifs is 2. The van der Waals surface area contributed by atoms with E-state index in [1.807, 2.05) is 32.0 Å². The number of rotatable bonds is 5. The number of furan rings is 1. The van der Waals surface area contributed by atoms with Gasteiger partial charge in [0.25, 0.3) is 11.8 Å². The molecule has 1 unspecified atom stereocenters. The van der Waals surface area contributed by atoms with Gasteiger partial charge >= 0.3 is 0 Å². The molecule has 1 aliphatic carbocycles. The molecule has 1 fully saturated rings. The third-order valence-electron chi connectivity index (χ3n) is 6.44. The SMILES string of the molecule is Cc1ccc2oc(C(=O)Nc3sc4c(c3C(=O)NCC3CCCO3)CCCC4)c(C)c2c1. The van der Waals surface area contributed by atoms with E-state index in [9.17, 15) is 9.59 Å². The van der Waals surface area contributed by atoms with Crippen LogP contribution in [-0.2, 0) is 17.6 Å². The molecule has 5 rings (SSSR count). The summed E-state index contributed by atoms with van der Waals surface area (Å²) in [6, 6.07) is 5.89. The van der Waals surface area contributed by atoms with Crippen molar-refractivity contribution in [2.45, 2.75) is 58.5 Å². The number of amides is 2. The number of carbonyl (C=O) groups is 2. The molecule has 2 amide bonds. The summed E-state index contributed by atoms with van der Waals surface area (Å²) in [4.78, 5) is 27.6. The van der Waals surface area contributed by atoms with Crippen LogP contribution in [0.4, 0.5) is 5.00 Å². The summed E-state index contributed by atoms with van der Waals surface area (Å²) >= 11 is 1.52. The zero-order valence-corrected chi connectivity index (χ0v) is 19.3. The number of hydrogen-bond donors (Lipinski definition) is 2. The lowest BCUT2D eigenvalue weighted by Gasteiger charge is -2.15. The minimum absolute atomic E-state index is 0.0770. The highest BCUT2D eigenvalue weighted by Crippen LogP contribution is 2.39. The molecule has 1 aliphatic heterocycles. The van der Waals surface area contributed by atoms with Crippen LogP contribution in [0.5, 0.6) is 0 Å². The second-order valence-corrected chi connectivity index (χ2v) is 9.88. The van der Waals surface area contributed by atoms with Crippen molar-refractivity contribution in [3.05, 3.63) is 51.1 Å². The van der Waals surface area contributed by atoms with Gasteiger partial charge in [0.1, 0.15) is 10.6 Å². The van der Waals surface area contributed by atoms with E-state index in [0.29, 0.717) is 28.5 Å². The fraction of sp³-hybridized carbons (Fsp3) is 0.440. The second-order valence-electron chi connectivity index (χ2n) is 8.77. The van der Waals surface area contributed by atoms with Gasteiger partial charge in [0, 0.05) is 29.0 Å². The number of nitrogens with one attached hydrogen (secondary N) is 2. The van der Waals surface area contributed by atoms with Crippen molar-refractivity contribution in [3.8, 4) is 0 Å². The molecule has 168 valence electrons. The molecule has 0 saturated carbocycles. The summed E-state index contributed by atoms with van der Waals surface area (Å²) in [6.45, 7) is 5.17. The normalized spacial score (nSPS) is 18.0. The average Bonchev–Trinajstić information content (AvgIpc) is 3.50. The van der Waals surface area contributed by atoms with Gasteiger partial charge in [0.15, 0.2) is 5.76 Å². The first kappa shape index (κ1) is 21.2. The quantitative estimate of drug-likeness (QED) is 0.561. The van der Waals surface area contributed by atoms with Gasteiger partial charge < -0.3 is 19.8 Å². The lowest BCUT2D eigenvalue weighted by atomic mass is 9.95. The smallest absolute Gasteiger partial charge is 0.292 e. The highest BCUT2D eigenvalue weighted by atomic mass is 32.1. The first-order valence-electron chi connectivity index (χ1n) is 11.4. The highest BCUT2D eigenvalue weighted by Gasteiger charge is 2.28. The fourth-order valence-electron chi connectivity index (χ4n) is 4.71. The van der Waals surface area contributed by atoms with Crippen LogP contribution >= 0.6 is 11.3 Å². The van der Waals surface area contributed by atoms with Gasteiger partial charge in [-0.3, -0.25) is 9.59 Å². The van der Waals surface area contributed by atoms with Crippen molar-refractivity contribution in [1.29, 1.82) is 0 Å². The predicted molar refractivity (Wildman–Crippen MR) is 126 cm³/mol. The third-order valence-corrected chi connectivity index (χ3v) is 7.64. The lowest BCUT2D eigenvalue weighted by molar-refractivity contribution is 0.0858. The first-order valence-corrected chi connectivity index (χ1v) is 12.2. The van der Waals surface area contributed by atoms with Crippen LogP contribution in [0.2, 0.25) is 0 Å². The molecule has 32 heavy (non-hydrogen) atoms. The third kappa shape index (κ3) is 3.95. The average molecular weight is 453 g/mol. The Bertz CT molecular complexity index is 1190. The maximum absolute atomic E-state index is 13.2. The molecule has 0 spiro atoms. The minimum Gasteiger partial charge on any atom is -0.451 e. The molecular formula is C25H28N2O4S. The van der Waals surface area contributed by atoms with Crippen LogP contribution < -0.4 is 10.6 Å². The van der Waals surface area contributed by atoms with E-state index < -0.39 is 0 Å². The summed E-state index contributed by atoms with van der Waals surface area (Å²) in [5, 5.41) is 7.59. The van der Waals surface area contributed by atoms with E-state index in [-0.39, 0.29) is 17.9 Å². The summed E-state index contributed by atoms with van der Waals surface area (Å²) in [7, 11) is 0. The molecule has 2 aliphatic rings. The van der Waals surface area contributed by atoms with Gasteiger partial charge in [-0.1, -0.05) is 11.6 Å². The topological polar surface area (TPSA) is 80.6 Å². The largest absolute Gasteiger partial charge is 0.451 e. The van der Waals surface area contributed by atoms with Crippen molar-refractivity contribution in [2.75, 3.05) is 18.5 Å². The molecule has 1 saturated heterocycles. The first-order chi connectivity index (χ1) is 15.5. The van der Waals surface area contributed by atoms with E-state index in [0.717, 1.165) is 67.2 Å². The summed E-state index contributed by atoms with van der Waals surface area (Å²) < 4.78 is 11.5. The molecule has 0 radical (unpaired) electrons. The fourth-order valence-corrected chi connectivity index (χ4v) is 5.99. The molecule has 1 atom stereocenters. The number of anilines is 1. The summed E-state index contributed by atoms with van der Waals surface area (Å²) in [5.74, 6) is -0.155. The Hall–Kier alpha value is -2.64. The predicted octanol–water partition coefficient (Wildman–Crippen LogP) is 5.15. The van der Waals surface area contributed by atoms with Gasteiger partial charge in [-0.05, 0) is 70.1 Å². The van der Waals surface area contributed by atoms with Crippen LogP contribution in [0.3, 0.4) is 0 Å². The Labute approximate surface area is 191 Å². The van der Waals surface area contributed by atoms with Crippen molar-refractivity contribution >= 4 is 39.1 Å². The van der Waals surface area contributed by atoms with Crippen molar-refractivity contribution < 1.29 is 18.7 Å². The van der Waals surface area contributed by atoms with Crippen LogP contribution in [0.25, 0.3) is 11.0 Å². The van der Waals surface area contributed by atoms with Crippen molar-refractivity contribution in [2.24, 2.45) is 0 Å². The van der Waals surface area contributed by atoms with Crippen molar-refractivity contribution in [3.63, 3.8) is 0 Å². The zero-order chi connectivity index (χ0) is 22.2. The number of carbonyl (C=O) groups excluding carboxylic acids is 2. The Kier molecular flexibility index (Phi) is 5.78. The van der Waals surface area contributed by atoms with Crippen LogP contribution in [0, 0.1) is 13.8 Å². The lowest BCUT2D eigenvalue weighted by Crippen LogP contribution is -2.32. The second kappa shape index (κ2) is 8.71. The highest BCUT2D eigenvalue weighted by molar-refractivity contribution is 7.17. The molecule has 1 aromatic carbocycles. The van der Waals surface area contributed by atoms with Crippen molar-refractivity contribution in [1.82, 2.24) is 5.32 Å². The Morgan fingerprint density at radius 1 is 1.12 bits per heavy atom. The van der Waals surface area contributed by atoms with E-state index in [2.05, 4.69) is 10.6 Å². The van der Waals surface area contributed by atoms with Crippen LogP contribution in [0.1, 0.15) is 68.2 Å². The van der Waals surface area contributed by atoms with E-state index in [4.69, 9.17) is 9.15 Å². The van der Waals surface area contributed by atoms with E-state index in [1.54, 1.807) is 0 Å².